The lowest BCUT2D eigenvalue weighted by Gasteiger charge is -2.29. The zero-order valence-corrected chi connectivity index (χ0v) is 15.5. The van der Waals surface area contributed by atoms with Gasteiger partial charge < -0.3 is 10.2 Å². The van der Waals surface area contributed by atoms with Gasteiger partial charge in [0.25, 0.3) is 11.8 Å². The molecule has 2 amide bonds. The third-order valence-electron chi connectivity index (χ3n) is 4.99. The van der Waals surface area contributed by atoms with Crippen LogP contribution in [0, 0.1) is 11.6 Å². The van der Waals surface area contributed by atoms with Crippen LogP contribution in [0.5, 0.6) is 0 Å². The van der Waals surface area contributed by atoms with Gasteiger partial charge in [-0.15, -0.1) is 0 Å². The molecule has 0 aromatic heterocycles. The zero-order valence-electron chi connectivity index (χ0n) is 15.5. The van der Waals surface area contributed by atoms with Crippen LogP contribution in [0.1, 0.15) is 31.8 Å². The summed E-state index contributed by atoms with van der Waals surface area (Å²) < 4.78 is 27.6. The topological polar surface area (TPSA) is 49.4 Å². The van der Waals surface area contributed by atoms with Gasteiger partial charge in [0, 0.05) is 24.2 Å². The minimum Gasteiger partial charge on any atom is -0.334 e. The maximum Gasteiger partial charge on any atom is 0.255 e. The Kier molecular flexibility index (Phi) is 5.08. The first-order valence-electron chi connectivity index (χ1n) is 9.24. The fraction of sp³-hybridized carbons (Fsp3) is 0.130. The van der Waals surface area contributed by atoms with Crippen molar-refractivity contribution in [1.29, 1.82) is 0 Å². The van der Waals surface area contributed by atoms with Crippen LogP contribution >= 0.6 is 0 Å². The van der Waals surface area contributed by atoms with Gasteiger partial charge in [0.05, 0.1) is 0 Å². The molecular formula is C23H18F2N2O2. The molecule has 1 aliphatic heterocycles. The highest BCUT2D eigenvalue weighted by atomic mass is 19.1. The van der Waals surface area contributed by atoms with E-state index in [1.165, 1.54) is 23.8 Å². The fourth-order valence-electron chi connectivity index (χ4n) is 3.45. The van der Waals surface area contributed by atoms with Crippen molar-refractivity contribution in [2.24, 2.45) is 0 Å². The molecule has 1 N–H and O–H groups in total. The van der Waals surface area contributed by atoms with E-state index in [0.717, 1.165) is 24.1 Å². The predicted octanol–water partition coefficient (Wildman–Crippen LogP) is 4.42. The normalized spacial score (nSPS) is 13.0. The second-order valence-electron chi connectivity index (χ2n) is 6.88. The molecule has 4 nitrogen and oxygen atoms in total. The highest BCUT2D eigenvalue weighted by Gasteiger charge is 2.22. The number of hydrogen-bond acceptors (Lipinski definition) is 2. The van der Waals surface area contributed by atoms with Crippen molar-refractivity contribution >= 4 is 17.5 Å². The Morgan fingerprint density at radius 3 is 2.24 bits per heavy atom. The average molecular weight is 392 g/mol. The van der Waals surface area contributed by atoms with E-state index < -0.39 is 23.2 Å². The predicted molar refractivity (Wildman–Crippen MR) is 106 cm³/mol. The van der Waals surface area contributed by atoms with E-state index in [4.69, 9.17) is 0 Å². The van der Waals surface area contributed by atoms with Crippen molar-refractivity contribution in [2.45, 2.75) is 13.0 Å². The number of carbonyl (C=O) groups excluding carboxylic acids is 2. The summed E-state index contributed by atoms with van der Waals surface area (Å²) >= 11 is 0. The lowest BCUT2D eigenvalue weighted by atomic mass is 9.99. The average Bonchev–Trinajstić information content (AvgIpc) is 2.75. The summed E-state index contributed by atoms with van der Waals surface area (Å²) in [5.74, 6) is -2.60. The number of carbonyl (C=O) groups is 2. The zero-order chi connectivity index (χ0) is 20.4. The molecule has 0 unspecified atom stereocenters. The van der Waals surface area contributed by atoms with Gasteiger partial charge in [-0.1, -0.05) is 36.4 Å². The highest BCUT2D eigenvalue weighted by Crippen LogP contribution is 2.22. The molecule has 0 atom stereocenters. The standard InChI is InChI=1S/C23H18F2N2O2/c24-19-9-4-10-20(25)21(19)26-22(28)16-7-3-8-17(13-16)23(29)27-12-11-15-5-1-2-6-18(15)14-27/h1-10,13H,11-12,14H2,(H,26,28). The van der Waals surface area contributed by atoms with Crippen molar-refractivity contribution in [2.75, 3.05) is 11.9 Å². The summed E-state index contributed by atoms with van der Waals surface area (Å²) in [6, 6.07) is 17.5. The van der Waals surface area contributed by atoms with Gasteiger partial charge in [-0.3, -0.25) is 9.59 Å². The summed E-state index contributed by atoms with van der Waals surface area (Å²) in [5.41, 5.74) is 2.33. The SMILES string of the molecule is O=C(Nc1c(F)cccc1F)c1cccc(C(=O)N2CCc3ccccc3C2)c1. The summed E-state index contributed by atoms with van der Waals surface area (Å²) in [5, 5.41) is 2.24. The van der Waals surface area contributed by atoms with E-state index in [1.54, 1.807) is 17.0 Å². The van der Waals surface area contributed by atoms with Gasteiger partial charge in [0.15, 0.2) is 0 Å². The Bertz CT molecular complexity index is 1080. The van der Waals surface area contributed by atoms with Crippen molar-refractivity contribution in [3.63, 3.8) is 0 Å². The Hall–Kier alpha value is -3.54. The molecule has 0 bridgehead atoms. The Labute approximate surface area is 166 Å². The first kappa shape index (κ1) is 18.8. The van der Waals surface area contributed by atoms with Crippen LogP contribution in [0.25, 0.3) is 0 Å². The molecule has 3 aromatic carbocycles. The molecule has 0 aliphatic carbocycles. The van der Waals surface area contributed by atoms with E-state index >= 15 is 0 Å². The van der Waals surface area contributed by atoms with Crippen molar-refractivity contribution < 1.29 is 18.4 Å². The van der Waals surface area contributed by atoms with Crippen LogP contribution in [0.3, 0.4) is 0 Å². The highest BCUT2D eigenvalue weighted by molar-refractivity contribution is 6.06. The van der Waals surface area contributed by atoms with Gasteiger partial charge in [-0.05, 0) is 47.9 Å². The third kappa shape index (κ3) is 3.87. The Morgan fingerprint density at radius 2 is 1.48 bits per heavy atom. The van der Waals surface area contributed by atoms with Gasteiger partial charge in [-0.2, -0.15) is 0 Å². The smallest absolute Gasteiger partial charge is 0.255 e. The number of nitrogens with zero attached hydrogens (tertiary/aromatic N) is 1. The number of nitrogens with one attached hydrogen (secondary N) is 1. The van der Waals surface area contributed by atoms with Gasteiger partial charge in [0.1, 0.15) is 17.3 Å². The number of hydrogen-bond donors (Lipinski definition) is 1. The number of amides is 2. The Balaban J connectivity index is 1.53. The third-order valence-corrected chi connectivity index (χ3v) is 4.99. The quantitative estimate of drug-likeness (QED) is 0.718. The molecule has 6 heteroatoms. The minimum atomic E-state index is -0.863. The van der Waals surface area contributed by atoms with Crippen molar-refractivity contribution in [3.8, 4) is 0 Å². The number of fused-ring (bicyclic) bond motifs is 1. The van der Waals surface area contributed by atoms with E-state index in [1.807, 2.05) is 18.2 Å². The molecule has 0 radical (unpaired) electrons. The molecule has 1 heterocycles. The number of halogens is 2. The van der Waals surface area contributed by atoms with Crippen molar-refractivity contribution in [3.05, 3.63) is 101 Å². The van der Waals surface area contributed by atoms with E-state index in [0.29, 0.717) is 18.7 Å². The summed E-state index contributed by atoms with van der Waals surface area (Å²) in [6.07, 6.45) is 0.772. The molecule has 0 saturated carbocycles. The molecule has 0 fully saturated rings. The van der Waals surface area contributed by atoms with Crippen LogP contribution in [-0.2, 0) is 13.0 Å². The van der Waals surface area contributed by atoms with Crippen LogP contribution in [-0.4, -0.2) is 23.3 Å². The minimum absolute atomic E-state index is 0.149. The summed E-state index contributed by atoms with van der Waals surface area (Å²) in [6.45, 7) is 1.10. The van der Waals surface area contributed by atoms with E-state index in [2.05, 4.69) is 11.4 Å². The summed E-state index contributed by atoms with van der Waals surface area (Å²) in [4.78, 5) is 27.1. The second kappa shape index (κ2) is 7.83. The van der Waals surface area contributed by atoms with Crippen LogP contribution in [0.15, 0.2) is 66.7 Å². The second-order valence-corrected chi connectivity index (χ2v) is 6.88. The molecule has 29 heavy (non-hydrogen) atoms. The first-order valence-corrected chi connectivity index (χ1v) is 9.24. The monoisotopic (exact) mass is 392 g/mol. The molecule has 0 saturated heterocycles. The number of rotatable bonds is 3. The molecule has 146 valence electrons. The van der Waals surface area contributed by atoms with Crippen LogP contribution in [0.4, 0.5) is 14.5 Å². The Morgan fingerprint density at radius 1 is 0.828 bits per heavy atom. The first-order chi connectivity index (χ1) is 14.0. The number of benzene rings is 3. The maximum atomic E-state index is 13.8. The van der Waals surface area contributed by atoms with E-state index in [9.17, 15) is 18.4 Å². The lowest BCUT2D eigenvalue weighted by Crippen LogP contribution is -2.36. The van der Waals surface area contributed by atoms with Crippen LogP contribution < -0.4 is 5.32 Å². The fourth-order valence-corrected chi connectivity index (χ4v) is 3.45. The van der Waals surface area contributed by atoms with Crippen molar-refractivity contribution in [1.82, 2.24) is 4.90 Å². The molecular weight excluding hydrogens is 374 g/mol. The van der Waals surface area contributed by atoms with Gasteiger partial charge >= 0.3 is 0 Å². The van der Waals surface area contributed by atoms with Gasteiger partial charge in [0.2, 0.25) is 0 Å². The summed E-state index contributed by atoms with van der Waals surface area (Å²) in [7, 11) is 0. The molecule has 1 aliphatic rings. The lowest BCUT2D eigenvalue weighted by molar-refractivity contribution is 0.0734. The number of para-hydroxylation sites is 1. The van der Waals surface area contributed by atoms with Gasteiger partial charge in [-0.25, -0.2) is 8.78 Å². The van der Waals surface area contributed by atoms with Crippen LogP contribution in [0.2, 0.25) is 0 Å². The number of anilines is 1. The maximum absolute atomic E-state index is 13.8. The molecule has 3 aromatic rings. The largest absolute Gasteiger partial charge is 0.334 e. The van der Waals surface area contributed by atoms with E-state index in [-0.39, 0.29) is 11.5 Å². The molecule has 4 rings (SSSR count). The molecule has 0 spiro atoms.